The van der Waals surface area contributed by atoms with Crippen molar-refractivity contribution in [1.82, 2.24) is 4.98 Å². The van der Waals surface area contributed by atoms with Gasteiger partial charge < -0.3 is 5.32 Å². The number of thiazole rings is 1. The van der Waals surface area contributed by atoms with Crippen molar-refractivity contribution in [3.8, 4) is 17.3 Å². The van der Waals surface area contributed by atoms with Gasteiger partial charge >= 0.3 is 0 Å². The van der Waals surface area contributed by atoms with Crippen molar-refractivity contribution in [3.05, 3.63) is 75.7 Å². The molecule has 130 valence electrons. The molecular formula is C22H21N3S. The summed E-state index contributed by atoms with van der Waals surface area (Å²) in [5, 5.41) is 15.6. The topological polar surface area (TPSA) is 48.7 Å². The van der Waals surface area contributed by atoms with Gasteiger partial charge in [0.05, 0.1) is 5.69 Å². The molecule has 3 rings (SSSR count). The van der Waals surface area contributed by atoms with Crippen LogP contribution in [0.3, 0.4) is 0 Å². The minimum atomic E-state index is 0.539. The van der Waals surface area contributed by atoms with Gasteiger partial charge in [-0.05, 0) is 37.5 Å². The average Bonchev–Trinajstić information content (AvgIpc) is 3.12. The molecule has 0 saturated carbocycles. The summed E-state index contributed by atoms with van der Waals surface area (Å²) in [6, 6.07) is 16.7. The molecule has 0 fully saturated rings. The lowest BCUT2D eigenvalue weighted by atomic mass is 10.0. The van der Waals surface area contributed by atoms with Crippen molar-refractivity contribution in [2.24, 2.45) is 0 Å². The number of aromatic nitrogens is 1. The third kappa shape index (κ3) is 3.84. The number of allylic oxidation sites excluding steroid dienone is 1. The maximum atomic E-state index is 9.56. The maximum absolute atomic E-state index is 9.56. The molecule has 2 aromatic carbocycles. The first-order valence-corrected chi connectivity index (χ1v) is 9.48. The van der Waals surface area contributed by atoms with Gasteiger partial charge in [0.15, 0.2) is 0 Å². The van der Waals surface area contributed by atoms with Crippen molar-refractivity contribution >= 4 is 22.6 Å². The monoisotopic (exact) mass is 359 g/mol. The summed E-state index contributed by atoms with van der Waals surface area (Å²) >= 11 is 1.49. The molecule has 0 aliphatic carbocycles. The minimum Gasteiger partial charge on any atom is -0.360 e. The average molecular weight is 359 g/mol. The number of hydrogen-bond acceptors (Lipinski definition) is 4. The molecular weight excluding hydrogens is 338 g/mol. The molecule has 0 atom stereocenters. The van der Waals surface area contributed by atoms with Gasteiger partial charge in [-0.15, -0.1) is 11.3 Å². The normalized spacial score (nSPS) is 11.2. The predicted molar refractivity (Wildman–Crippen MR) is 110 cm³/mol. The van der Waals surface area contributed by atoms with E-state index in [-0.39, 0.29) is 0 Å². The van der Waals surface area contributed by atoms with E-state index in [4.69, 9.17) is 0 Å². The smallest absolute Gasteiger partial charge is 0.136 e. The van der Waals surface area contributed by atoms with Crippen LogP contribution in [0, 0.1) is 25.2 Å². The van der Waals surface area contributed by atoms with Crippen LogP contribution in [-0.4, -0.2) is 4.98 Å². The van der Waals surface area contributed by atoms with E-state index >= 15 is 0 Å². The molecule has 0 aliphatic heterocycles. The van der Waals surface area contributed by atoms with Gasteiger partial charge in [-0.25, -0.2) is 4.98 Å². The van der Waals surface area contributed by atoms with Crippen LogP contribution in [0.4, 0.5) is 5.69 Å². The van der Waals surface area contributed by atoms with E-state index in [0.29, 0.717) is 5.57 Å². The third-order valence-electron chi connectivity index (χ3n) is 4.28. The zero-order valence-corrected chi connectivity index (χ0v) is 16.0. The lowest BCUT2D eigenvalue weighted by molar-refractivity contribution is 1.14. The van der Waals surface area contributed by atoms with E-state index in [1.165, 1.54) is 28.0 Å². The Kier molecular flexibility index (Phi) is 5.50. The van der Waals surface area contributed by atoms with E-state index in [9.17, 15) is 5.26 Å². The van der Waals surface area contributed by atoms with Gasteiger partial charge in [0.2, 0.25) is 0 Å². The van der Waals surface area contributed by atoms with Crippen LogP contribution in [-0.2, 0) is 6.42 Å². The second-order valence-corrected chi connectivity index (χ2v) is 7.04. The highest BCUT2D eigenvalue weighted by Gasteiger charge is 2.11. The summed E-state index contributed by atoms with van der Waals surface area (Å²) in [5.41, 5.74) is 7.23. The highest BCUT2D eigenvalue weighted by atomic mass is 32.1. The van der Waals surface area contributed by atoms with Gasteiger partial charge in [-0.1, -0.05) is 48.9 Å². The zero-order valence-electron chi connectivity index (χ0n) is 15.2. The Morgan fingerprint density at radius 1 is 1.23 bits per heavy atom. The fourth-order valence-electron chi connectivity index (χ4n) is 2.88. The summed E-state index contributed by atoms with van der Waals surface area (Å²) in [6.07, 6.45) is 2.69. The number of nitrogens with one attached hydrogen (secondary N) is 1. The summed E-state index contributed by atoms with van der Waals surface area (Å²) in [6.45, 7) is 6.29. The summed E-state index contributed by atoms with van der Waals surface area (Å²) < 4.78 is 0. The molecule has 3 aromatic rings. The Bertz CT molecular complexity index is 993. The van der Waals surface area contributed by atoms with E-state index in [2.05, 4.69) is 61.4 Å². The van der Waals surface area contributed by atoms with Crippen molar-refractivity contribution in [3.63, 3.8) is 0 Å². The SMILES string of the molecule is CCc1ccccc1N/C=C(\C#N)c1nc(-c2ccc(C)cc2C)cs1. The Balaban J connectivity index is 1.87. The largest absolute Gasteiger partial charge is 0.360 e. The van der Waals surface area contributed by atoms with Gasteiger partial charge in [-0.2, -0.15) is 5.26 Å². The van der Waals surface area contributed by atoms with E-state index in [0.717, 1.165) is 28.4 Å². The van der Waals surface area contributed by atoms with E-state index in [1.54, 1.807) is 6.20 Å². The third-order valence-corrected chi connectivity index (χ3v) is 5.16. The Morgan fingerprint density at radius 2 is 2.04 bits per heavy atom. The predicted octanol–water partition coefficient (Wildman–Crippen LogP) is 5.97. The second-order valence-electron chi connectivity index (χ2n) is 6.18. The van der Waals surface area contributed by atoms with Crippen LogP contribution >= 0.6 is 11.3 Å². The van der Waals surface area contributed by atoms with E-state index < -0.39 is 0 Å². The van der Waals surface area contributed by atoms with Gasteiger partial charge in [0.1, 0.15) is 16.6 Å². The van der Waals surface area contributed by atoms with E-state index in [1.807, 2.05) is 23.6 Å². The first-order valence-electron chi connectivity index (χ1n) is 8.60. The van der Waals surface area contributed by atoms with Crippen LogP contribution in [0.5, 0.6) is 0 Å². The summed E-state index contributed by atoms with van der Waals surface area (Å²) in [5.74, 6) is 0. The first-order chi connectivity index (χ1) is 12.6. The number of anilines is 1. The van der Waals surface area contributed by atoms with Crippen LogP contribution in [0.25, 0.3) is 16.8 Å². The molecule has 0 saturated heterocycles. The van der Waals surface area contributed by atoms with Crippen LogP contribution < -0.4 is 5.32 Å². The number of aryl methyl sites for hydroxylation is 3. The Hall–Kier alpha value is -2.90. The number of nitriles is 1. The molecule has 26 heavy (non-hydrogen) atoms. The molecule has 0 aliphatic rings. The van der Waals surface area contributed by atoms with Crippen LogP contribution in [0.1, 0.15) is 28.6 Å². The van der Waals surface area contributed by atoms with Crippen molar-refractivity contribution in [1.29, 1.82) is 5.26 Å². The summed E-state index contributed by atoms with van der Waals surface area (Å²) in [7, 11) is 0. The van der Waals surface area contributed by atoms with Gasteiger partial charge in [0.25, 0.3) is 0 Å². The van der Waals surface area contributed by atoms with Gasteiger partial charge in [0, 0.05) is 22.8 Å². The standard InChI is InChI=1S/C22H21N3S/c1-4-17-7-5-6-8-20(17)24-13-18(12-23)22-25-21(14-26-22)19-10-9-15(2)11-16(19)3/h5-11,13-14,24H,4H2,1-3H3/b18-13+. The van der Waals surface area contributed by atoms with Crippen molar-refractivity contribution in [2.45, 2.75) is 27.2 Å². The Morgan fingerprint density at radius 3 is 2.77 bits per heavy atom. The fourth-order valence-corrected chi connectivity index (χ4v) is 3.67. The van der Waals surface area contributed by atoms with Crippen LogP contribution in [0.15, 0.2) is 54.0 Å². The van der Waals surface area contributed by atoms with Crippen molar-refractivity contribution in [2.75, 3.05) is 5.32 Å². The first kappa shape index (κ1) is 17.9. The molecule has 1 heterocycles. The number of benzene rings is 2. The second kappa shape index (κ2) is 7.99. The number of rotatable bonds is 5. The maximum Gasteiger partial charge on any atom is 0.136 e. The zero-order chi connectivity index (χ0) is 18.5. The minimum absolute atomic E-state index is 0.539. The lowest BCUT2D eigenvalue weighted by Crippen LogP contribution is -1.95. The Labute approximate surface area is 158 Å². The lowest BCUT2D eigenvalue weighted by Gasteiger charge is -2.07. The molecule has 4 heteroatoms. The molecule has 1 N–H and O–H groups in total. The van der Waals surface area contributed by atoms with Crippen LogP contribution in [0.2, 0.25) is 0 Å². The quantitative estimate of drug-likeness (QED) is 0.571. The molecule has 0 amide bonds. The highest BCUT2D eigenvalue weighted by Crippen LogP contribution is 2.29. The molecule has 0 unspecified atom stereocenters. The molecule has 3 nitrogen and oxygen atoms in total. The fraction of sp³-hybridized carbons (Fsp3) is 0.182. The summed E-state index contributed by atoms with van der Waals surface area (Å²) in [4.78, 5) is 4.68. The number of hydrogen-bond donors (Lipinski definition) is 1. The number of para-hydroxylation sites is 1. The van der Waals surface area contributed by atoms with Crippen molar-refractivity contribution < 1.29 is 0 Å². The molecule has 0 radical (unpaired) electrons. The molecule has 0 bridgehead atoms. The number of nitrogens with zero attached hydrogens (tertiary/aromatic N) is 2. The highest BCUT2D eigenvalue weighted by molar-refractivity contribution is 7.11. The molecule has 1 aromatic heterocycles. The van der Waals surface area contributed by atoms with Gasteiger partial charge in [-0.3, -0.25) is 0 Å². The molecule has 0 spiro atoms.